The van der Waals surface area contributed by atoms with Gasteiger partial charge in [-0.15, -0.1) is 11.3 Å². The van der Waals surface area contributed by atoms with E-state index in [1.165, 1.54) is 18.3 Å². The Morgan fingerprint density at radius 2 is 1.76 bits per heavy atom. The van der Waals surface area contributed by atoms with Crippen molar-refractivity contribution in [2.75, 3.05) is 0 Å². The highest BCUT2D eigenvalue weighted by molar-refractivity contribution is 7.13. The zero-order valence-electron chi connectivity index (χ0n) is 17.8. The number of aromatic hydroxyl groups is 1. The van der Waals surface area contributed by atoms with Crippen LogP contribution in [0.3, 0.4) is 0 Å². The zero-order valence-corrected chi connectivity index (χ0v) is 18.6. The summed E-state index contributed by atoms with van der Waals surface area (Å²) in [6, 6.07) is 18.0. The zero-order chi connectivity index (χ0) is 23.4. The summed E-state index contributed by atoms with van der Waals surface area (Å²) >= 11 is 1.35. The molecule has 0 amide bonds. The lowest BCUT2D eigenvalue weighted by Gasteiger charge is -2.14. The van der Waals surface area contributed by atoms with Crippen LogP contribution in [0.25, 0.3) is 10.6 Å². The molecule has 0 spiro atoms. The molecule has 0 aliphatic carbocycles. The number of rotatable bonds is 8. The Balaban J connectivity index is 1.50. The van der Waals surface area contributed by atoms with Crippen LogP contribution in [0.2, 0.25) is 0 Å². The average molecular weight is 460 g/mol. The van der Waals surface area contributed by atoms with E-state index < -0.39 is 5.97 Å². The quantitative estimate of drug-likeness (QED) is 0.334. The molecule has 4 aromatic rings. The van der Waals surface area contributed by atoms with Crippen LogP contribution >= 0.6 is 11.3 Å². The second-order valence-corrected chi connectivity index (χ2v) is 8.41. The summed E-state index contributed by atoms with van der Waals surface area (Å²) in [5, 5.41) is 22.2. The minimum Gasteiger partial charge on any atom is -0.506 e. The molecule has 0 aliphatic rings. The molecule has 6 nitrogen and oxygen atoms in total. The molecular weight excluding hydrogens is 438 g/mol. The monoisotopic (exact) mass is 459 g/mol. The van der Waals surface area contributed by atoms with Gasteiger partial charge in [0.2, 0.25) is 0 Å². The van der Waals surface area contributed by atoms with E-state index in [4.69, 9.17) is 9.84 Å². The predicted molar refractivity (Wildman–Crippen MR) is 126 cm³/mol. The standard InChI is InChI=1S/C26H21NO5S/c1-16(28)21-9-10-22(23(24(21)29)25-27-11-12-33-25)32-15-18-7-5-17(6-8-18)13-19-3-2-4-20(14-19)26(30)31/h2-12,14,29H,13,15H2,1H3,(H,30,31). The number of carboxylic acid groups (broad SMARTS) is 1. The maximum atomic E-state index is 11.8. The van der Waals surface area contributed by atoms with Crippen LogP contribution in [0.5, 0.6) is 11.5 Å². The third-order valence-electron chi connectivity index (χ3n) is 5.16. The first-order valence-electron chi connectivity index (χ1n) is 10.2. The molecule has 33 heavy (non-hydrogen) atoms. The summed E-state index contributed by atoms with van der Waals surface area (Å²) in [4.78, 5) is 27.3. The first-order chi connectivity index (χ1) is 15.9. The molecule has 1 heterocycles. The molecule has 7 heteroatoms. The van der Waals surface area contributed by atoms with Gasteiger partial charge in [-0.2, -0.15) is 0 Å². The van der Waals surface area contributed by atoms with Crippen molar-refractivity contribution in [3.63, 3.8) is 0 Å². The fourth-order valence-corrected chi connectivity index (χ4v) is 4.18. The van der Waals surface area contributed by atoms with E-state index >= 15 is 0 Å². The average Bonchev–Trinajstić information content (AvgIpc) is 3.33. The minimum absolute atomic E-state index is 0.131. The van der Waals surface area contributed by atoms with Crippen molar-refractivity contribution >= 4 is 23.1 Å². The van der Waals surface area contributed by atoms with Crippen LogP contribution in [-0.4, -0.2) is 26.9 Å². The molecule has 0 saturated heterocycles. The number of ketones is 1. The van der Waals surface area contributed by atoms with E-state index in [0.29, 0.717) is 22.7 Å². The second kappa shape index (κ2) is 9.67. The van der Waals surface area contributed by atoms with Gasteiger partial charge in [0.05, 0.1) is 16.7 Å². The van der Waals surface area contributed by atoms with Crippen molar-refractivity contribution in [1.82, 2.24) is 4.98 Å². The number of hydrogen-bond donors (Lipinski definition) is 2. The number of phenolic OH excluding ortho intramolecular Hbond substituents is 1. The van der Waals surface area contributed by atoms with Gasteiger partial charge in [-0.3, -0.25) is 4.79 Å². The van der Waals surface area contributed by atoms with E-state index in [9.17, 15) is 14.7 Å². The third-order valence-corrected chi connectivity index (χ3v) is 5.96. The number of phenols is 1. The van der Waals surface area contributed by atoms with Gasteiger partial charge in [-0.05, 0) is 54.3 Å². The van der Waals surface area contributed by atoms with Crippen LogP contribution in [0.1, 0.15) is 44.3 Å². The number of Topliss-reactive ketones (excluding diaryl/α,β-unsaturated/α-hetero) is 1. The molecule has 3 aromatic carbocycles. The number of aromatic carboxylic acids is 1. The maximum absolute atomic E-state index is 11.8. The van der Waals surface area contributed by atoms with Crippen molar-refractivity contribution in [2.45, 2.75) is 20.0 Å². The summed E-state index contributed by atoms with van der Waals surface area (Å²) in [6.45, 7) is 1.67. The molecule has 0 atom stereocenters. The summed E-state index contributed by atoms with van der Waals surface area (Å²) in [7, 11) is 0. The van der Waals surface area contributed by atoms with Crippen molar-refractivity contribution < 1.29 is 24.5 Å². The summed E-state index contributed by atoms with van der Waals surface area (Å²) in [6.07, 6.45) is 2.26. The molecule has 0 bridgehead atoms. The number of thiazole rings is 1. The Morgan fingerprint density at radius 3 is 2.42 bits per heavy atom. The predicted octanol–water partition coefficient (Wildman–Crippen LogP) is 5.59. The third kappa shape index (κ3) is 5.10. The van der Waals surface area contributed by atoms with Gasteiger partial charge in [0.1, 0.15) is 23.1 Å². The van der Waals surface area contributed by atoms with E-state index in [1.54, 1.807) is 41.9 Å². The molecular formula is C26H21NO5S. The van der Waals surface area contributed by atoms with E-state index in [1.807, 2.05) is 30.3 Å². The minimum atomic E-state index is -0.941. The van der Waals surface area contributed by atoms with Crippen molar-refractivity contribution in [3.05, 3.63) is 100 Å². The Bertz CT molecular complexity index is 1300. The van der Waals surface area contributed by atoms with Gasteiger partial charge in [0, 0.05) is 11.6 Å². The van der Waals surface area contributed by atoms with Crippen molar-refractivity contribution in [3.8, 4) is 22.1 Å². The number of carboxylic acids is 1. The second-order valence-electron chi connectivity index (χ2n) is 7.52. The Morgan fingerprint density at radius 1 is 1.00 bits per heavy atom. The molecule has 0 aliphatic heterocycles. The van der Waals surface area contributed by atoms with Crippen molar-refractivity contribution in [1.29, 1.82) is 0 Å². The van der Waals surface area contributed by atoms with Gasteiger partial charge >= 0.3 is 5.97 Å². The summed E-state index contributed by atoms with van der Waals surface area (Å²) < 4.78 is 5.99. The van der Waals surface area contributed by atoms with Crippen LogP contribution in [0.4, 0.5) is 0 Å². The van der Waals surface area contributed by atoms with Gasteiger partial charge in [0.15, 0.2) is 5.78 Å². The lowest BCUT2D eigenvalue weighted by molar-refractivity contribution is 0.0696. The first-order valence-corrected chi connectivity index (χ1v) is 11.1. The van der Waals surface area contributed by atoms with Crippen molar-refractivity contribution in [2.24, 2.45) is 0 Å². The lowest BCUT2D eigenvalue weighted by Crippen LogP contribution is -2.01. The molecule has 2 N–H and O–H groups in total. The Hall–Kier alpha value is -3.97. The number of ether oxygens (including phenoxy) is 1. The van der Waals surface area contributed by atoms with Gasteiger partial charge in [-0.1, -0.05) is 36.4 Å². The molecule has 1 aromatic heterocycles. The van der Waals surface area contributed by atoms with Crippen LogP contribution < -0.4 is 4.74 Å². The van der Waals surface area contributed by atoms with E-state index in [0.717, 1.165) is 16.7 Å². The Kier molecular flexibility index (Phi) is 6.51. The molecule has 4 rings (SSSR count). The largest absolute Gasteiger partial charge is 0.506 e. The topological polar surface area (TPSA) is 96.7 Å². The molecule has 166 valence electrons. The number of nitrogens with zero attached hydrogens (tertiary/aromatic N) is 1. The lowest BCUT2D eigenvalue weighted by atomic mass is 10.0. The van der Waals surface area contributed by atoms with Gasteiger partial charge < -0.3 is 14.9 Å². The Labute approximate surface area is 194 Å². The first kappa shape index (κ1) is 22.2. The SMILES string of the molecule is CC(=O)c1ccc(OCc2ccc(Cc3cccc(C(=O)O)c3)cc2)c(-c2nccs2)c1O. The fraction of sp³-hybridized carbons (Fsp3) is 0.115. The van der Waals surface area contributed by atoms with Gasteiger partial charge in [-0.25, -0.2) is 9.78 Å². The fourth-order valence-electron chi connectivity index (χ4n) is 3.50. The summed E-state index contributed by atoms with van der Waals surface area (Å²) in [5.41, 5.74) is 3.81. The molecule has 0 radical (unpaired) electrons. The number of hydrogen-bond acceptors (Lipinski definition) is 6. The summed E-state index contributed by atoms with van der Waals surface area (Å²) in [5.74, 6) is -0.860. The van der Waals surface area contributed by atoms with Crippen LogP contribution in [0, 0.1) is 0 Å². The van der Waals surface area contributed by atoms with Crippen LogP contribution in [-0.2, 0) is 13.0 Å². The van der Waals surface area contributed by atoms with E-state index in [2.05, 4.69) is 4.98 Å². The maximum Gasteiger partial charge on any atom is 0.335 e. The molecule has 0 saturated carbocycles. The van der Waals surface area contributed by atoms with Gasteiger partial charge in [0.25, 0.3) is 0 Å². The number of carbonyl (C=O) groups excluding carboxylic acids is 1. The number of aromatic nitrogens is 1. The number of carbonyl (C=O) groups is 2. The molecule has 0 fully saturated rings. The highest BCUT2D eigenvalue weighted by atomic mass is 32.1. The molecule has 0 unspecified atom stereocenters. The van der Waals surface area contributed by atoms with E-state index in [-0.39, 0.29) is 29.3 Å². The smallest absolute Gasteiger partial charge is 0.335 e. The highest BCUT2D eigenvalue weighted by Crippen LogP contribution is 2.41. The highest BCUT2D eigenvalue weighted by Gasteiger charge is 2.20. The normalized spacial score (nSPS) is 10.7. The number of benzene rings is 3. The van der Waals surface area contributed by atoms with Crippen LogP contribution in [0.15, 0.2) is 72.2 Å².